The van der Waals surface area contributed by atoms with Crippen LogP contribution in [0.3, 0.4) is 0 Å². The smallest absolute Gasteiger partial charge is 0.335 e. The Labute approximate surface area is 128 Å². The fourth-order valence-electron chi connectivity index (χ4n) is 2.09. The maximum absolute atomic E-state index is 10.9. The predicted octanol–water partition coefficient (Wildman–Crippen LogP) is 3.13. The Morgan fingerprint density at radius 3 is 2.67 bits per heavy atom. The van der Waals surface area contributed by atoms with Gasteiger partial charge < -0.3 is 15.4 Å². The van der Waals surface area contributed by atoms with Crippen molar-refractivity contribution in [2.75, 3.05) is 12.4 Å². The van der Waals surface area contributed by atoms with Crippen LogP contribution in [0.5, 0.6) is 0 Å². The number of nitrogens with one attached hydrogen (secondary N) is 2. The predicted molar refractivity (Wildman–Crippen MR) is 83.5 cm³/mol. The molecule has 6 nitrogen and oxygen atoms in total. The number of H-pyrrole nitrogens is 1. The number of pyridine rings is 1. The molecule has 2 aromatic heterocycles. The van der Waals surface area contributed by atoms with Crippen LogP contribution < -0.4 is 5.32 Å². The molecule has 3 aromatic rings. The molecule has 0 unspecified atom stereocenters. The number of imidazole rings is 1. The van der Waals surface area contributed by atoms with Crippen molar-refractivity contribution in [1.82, 2.24) is 15.0 Å². The fraction of sp³-hybridized carbons (Fsp3) is 0.0714. The number of fused-ring (bicyclic) bond motifs is 1. The number of carboxylic acids is 1. The second kappa shape index (κ2) is 5.17. The van der Waals surface area contributed by atoms with Gasteiger partial charge in [-0.15, -0.1) is 0 Å². The average Bonchev–Trinajstić information content (AvgIpc) is 2.91. The molecule has 1 aromatic carbocycles. The van der Waals surface area contributed by atoms with Gasteiger partial charge in [0.2, 0.25) is 0 Å². The Balaban J connectivity index is 2.10. The van der Waals surface area contributed by atoms with Crippen LogP contribution in [-0.2, 0) is 0 Å². The molecule has 0 atom stereocenters. The summed E-state index contributed by atoms with van der Waals surface area (Å²) in [6, 6.07) is 6.53. The van der Waals surface area contributed by atoms with Gasteiger partial charge in [-0.3, -0.25) is 0 Å². The van der Waals surface area contributed by atoms with E-state index in [0.717, 1.165) is 21.2 Å². The minimum absolute atomic E-state index is 0.242. The van der Waals surface area contributed by atoms with Gasteiger partial charge in [-0.1, -0.05) is 12.1 Å². The van der Waals surface area contributed by atoms with Crippen LogP contribution in [0.2, 0.25) is 0 Å². The number of aromatic amines is 1. The van der Waals surface area contributed by atoms with Gasteiger partial charge >= 0.3 is 5.97 Å². The van der Waals surface area contributed by atoms with Gasteiger partial charge in [-0.2, -0.15) is 0 Å². The van der Waals surface area contributed by atoms with E-state index in [4.69, 9.17) is 5.11 Å². The molecular weight excluding hydrogens is 336 g/mol. The number of hydrogen-bond donors (Lipinski definition) is 3. The zero-order chi connectivity index (χ0) is 15.0. The molecule has 0 saturated carbocycles. The van der Waals surface area contributed by atoms with Crippen molar-refractivity contribution in [2.24, 2.45) is 0 Å². The minimum Gasteiger partial charge on any atom is -0.478 e. The van der Waals surface area contributed by atoms with Crippen molar-refractivity contribution in [2.45, 2.75) is 0 Å². The summed E-state index contributed by atoms with van der Waals surface area (Å²) in [7, 11) is 1.82. The van der Waals surface area contributed by atoms with Crippen LogP contribution in [0.25, 0.3) is 22.6 Å². The molecule has 3 N–H and O–H groups in total. The maximum atomic E-state index is 10.9. The lowest BCUT2D eigenvalue weighted by Crippen LogP contribution is -1.95. The van der Waals surface area contributed by atoms with Crippen LogP contribution in [0, 0.1) is 0 Å². The summed E-state index contributed by atoms with van der Waals surface area (Å²) in [6.07, 6.45) is 1.69. The van der Waals surface area contributed by atoms with Crippen LogP contribution in [0.1, 0.15) is 10.4 Å². The van der Waals surface area contributed by atoms with E-state index >= 15 is 0 Å². The highest BCUT2D eigenvalue weighted by molar-refractivity contribution is 9.10. The lowest BCUT2D eigenvalue weighted by Gasteiger charge is -2.02. The molecule has 0 radical (unpaired) electrons. The third-order valence-corrected chi connectivity index (χ3v) is 3.73. The summed E-state index contributed by atoms with van der Waals surface area (Å²) in [4.78, 5) is 22.8. The highest BCUT2D eigenvalue weighted by Gasteiger charge is 2.12. The van der Waals surface area contributed by atoms with Crippen molar-refractivity contribution in [3.05, 3.63) is 40.5 Å². The highest BCUT2D eigenvalue weighted by Crippen LogP contribution is 2.30. The van der Waals surface area contributed by atoms with Gasteiger partial charge in [0.15, 0.2) is 5.65 Å². The summed E-state index contributed by atoms with van der Waals surface area (Å²) in [5.74, 6) is -0.307. The van der Waals surface area contributed by atoms with Crippen molar-refractivity contribution < 1.29 is 9.90 Å². The average molecular weight is 347 g/mol. The molecule has 0 spiro atoms. The number of carbonyl (C=O) groups is 1. The van der Waals surface area contributed by atoms with Crippen LogP contribution in [-0.4, -0.2) is 33.1 Å². The summed E-state index contributed by atoms with van der Waals surface area (Å²) in [6.45, 7) is 0. The topological polar surface area (TPSA) is 90.9 Å². The van der Waals surface area contributed by atoms with Gasteiger partial charge in [0.05, 0.1) is 15.7 Å². The first-order valence-corrected chi connectivity index (χ1v) is 6.95. The van der Waals surface area contributed by atoms with E-state index in [9.17, 15) is 4.79 Å². The van der Waals surface area contributed by atoms with Gasteiger partial charge in [0.25, 0.3) is 0 Å². The van der Waals surface area contributed by atoms with E-state index in [2.05, 4.69) is 36.2 Å². The maximum Gasteiger partial charge on any atom is 0.335 e. The van der Waals surface area contributed by atoms with Crippen LogP contribution in [0.4, 0.5) is 5.69 Å². The number of rotatable bonds is 3. The third-order valence-electron chi connectivity index (χ3n) is 3.13. The van der Waals surface area contributed by atoms with Crippen molar-refractivity contribution in [3.63, 3.8) is 0 Å². The number of aromatic nitrogens is 3. The Morgan fingerprint density at radius 2 is 2.05 bits per heavy atom. The molecule has 2 heterocycles. The highest BCUT2D eigenvalue weighted by atomic mass is 79.9. The molecule has 0 fully saturated rings. The molecule has 0 saturated heterocycles. The van der Waals surface area contributed by atoms with Gasteiger partial charge in [0, 0.05) is 18.8 Å². The van der Waals surface area contributed by atoms with Crippen LogP contribution in [0.15, 0.2) is 34.9 Å². The number of halogens is 1. The second-order valence-corrected chi connectivity index (χ2v) is 5.25. The quantitative estimate of drug-likeness (QED) is 0.677. The standard InChI is InChI=1S/C14H11BrN4O2/c1-16-10-9(15)6-17-13-11(10)18-12(19-13)7-2-4-8(5-3-7)14(20)21/h2-6H,1H3,(H,20,21)(H2,16,17,18,19). The van der Waals surface area contributed by atoms with E-state index in [0.29, 0.717) is 11.5 Å². The largest absolute Gasteiger partial charge is 0.478 e. The molecule has 7 heteroatoms. The zero-order valence-corrected chi connectivity index (χ0v) is 12.6. The number of hydrogen-bond acceptors (Lipinski definition) is 4. The molecule has 0 amide bonds. The van der Waals surface area contributed by atoms with E-state index < -0.39 is 5.97 Å². The number of benzene rings is 1. The third kappa shape index (κ3) is 2.36. The monoisotopic (exact) mass is 346 g/mol. The summed E-state index contributed by atoms with van der Waals surface area (Å²) in [5, 5.41) is 12.0. The van der Waals surface area contributed by atoms with E-state index in [1.165, 1.54) is 0 Å². The summed E-state index contributed by atoms with van der Waals surface area (Å²) < 4.78 is 0.842. The van der Waals surface area contributed by atoms with E-state index in [1.807, 2.05) is 7.05 Å². The number of carboxylic acid groups (broad SMARTS) is 1. The normalized spacial score (nSPS) is 10.8. The summed E-state index contributed by atoms with van der Waals surface area (Å²) in [5.41, 5.74) is 3.31. The Morgan fingerprint density at radius 1 is 1.33 bits per heavy atom. The van der Waals surface area contributed by atoms with Crippen LogP contribution >= 0.6 is 15.9 Å². The molecule has 0 aliphatic heterocycles. The zero-order valence-electron chi connectivity index (χ0n) is 11.0. The fourth-order valence-corrected chi connectivity index (χ4v) is 2.58. The first-order chi connectivity index (χ1) is 10.1. The molecule has 106 valence electrons. The van der Waals surface area contributed by atoms with Crippen molar-refractivity contribution in [1.29, 1.82) is 0 Å². The summed E-state index contributed by atoms with van der Waals surface area (Å²) >= 11 is 3.43. The van der Waals surface area contributed by atoms with E-state index in [-0.39, 0.29) is 5.56 Å². The first kappa shape index (κ1) is 13.6. The minimum atomic E-state index is -0.950. The van der Waals surface area contributed by atoms with Crippen molar-refractivity contribution in [3.8, 4) is 11.4 Å². The molecule has 0 bridgehead atoms. The molecule has 3 rings (SSSR count). The first-order valence-electron chi connectivity index (χ1n) is 6.16. The molecule has 0 aliphatic rings. The van der Waals surface area contributed by atoms with Gasteiger partial charge in [-0.05, 0) is 28.1 Å². The Hall–Kier alpha value is -2.41. The Bertz CT molecular complexity index is 827. The number of anilines is 1. The van der Waals surface area contributed by atoms with Gasteiger partial charge in [0.1, 0.15) is 11.3 Å². The lowest BCUT2D eigenvalue weighted by molar-refractivity contribution is 0.0697. The van der Waals surface area contributed by atoms with Crippen molar-refractivity contribution >= 4 is 38.8 Å². The molecule has 0 aliphatic carbocycles. The Kier molecular flexibility index (Phi) is 3.34. The second-order valence-electron chi connectivity index (χ2n) is 4.40. The number of nitrogens with zero attached hydrogens (tertiary/aromatic N) is 2. The number of aromatic carboxylic acids is 1. The molecule has 21 heavy (non-hydrogen) atoms. The van der Waals surface area contributed by atoms with E-state index in [1.54, 1.807) is 30.5 Å². The van der Waals surface area contributed by atoms with Gasteiger partial charge in [-0.25, -0.2) is 14.8 Å². The SMILES string of the molecule is CNc1c(Br)cnc2nc(-c3ccc(C(=O)O)cc3)[nH]c12. The lowest BCUT2D eigenvalue weighted by atomic mass is 10.1. The molecular formula is C14H11BrN4O2.